The van der Waals surface area contributed by atoms with Crippen molar-refractivity contribution in [3.8, 4) is 0 Å². The number of hydrogen-bond acceptors (Lipinski definition) is 7. The lowest BCUT2D eigenvalue weighted by Gasteiger charge is -2.24. The molecule has 0 aliphatic heterocycles. The average Bonchev–Trinajstić information content (AvgIpc) is 3.23. The van der Waals surface area contributed by atoms with Crippen LogP contribution in [0.4, 0.5) is 4.79 Å². The second-order valence-corrected chi connectivity index (χ2v) is 15.1. The summed E-state index contributed by atoms with van der Waals surface area (Å²) in [5, 5.41) is 15.2. The van der Waals surface area contributed by atoms with Crippen LogP contribution in [0.3, 0.4) is 0 Å². The fourth-order valence-electron chi connectivity index (χ4n) is 7.07. The van der Waals surface area contributed by atoms with Gasteiger partial charge in [0, 0.05) is 31.0 Å². The summed E-state index contributed by atoms with van der Waals surface area (Å²) in [6.07, 6.45) is 17.5. The zero-order valence-corrected chi connectivity index (χ0v) is 34.0. The summed E-state index contributed by atoms with van der Waals surface area (Å²) < 4.78 is 11.2. The van der Waals surface area contributed by atoms with Gasteiger partial charge in [0.15, 0.2) is 0 Å². The van der Waals surface area contributed by atoms with Gasteiger partial charge in [-0.25, -0.2) is 4.79 Å². The second-order valence-electron chi connectivity index (χ2n) is 15.1. The molecule has 57 heavy (non-hydrogen) atoms. The molecule has 4 N–H and O–H groups in total. The number of amides is 4. The third kappa shape index (κ3) is 22.7. The van der Waals surface area contributed by atoms with Gasteiger partial charge >= 0.3 is 6.09 Å². The van der Waals surface area contributed by atoms with Crippen molar-refractivity contribution < 1.29 is 28.7 Å². The van der Waals surface area contributed by atoms with E-state index in [1.165, 1.54) is 32.1 Å². The van der Waals surface area contributed by atoms with Gasteiger partial charge in [0.05, 0.1) is 13.2 Å². The summed E-state index contributed by atoms with van der Waals surface area (Å²) >= 11 is 0. The number of carbonyl (C=O) groups is 4. The summed E-state index contributed by atoms with van der Waals surface area (Å²) in [5.74, 6) is -0.244. The van der Waals surface area contributed by atoms with E-state index in [1.54, 1.807) is 0 Å². The van der Waals surface area contributed by atoms with Crippen molar-refractivity contribution in [1.29, 1.82) is 0 Å². The lowest BCUT2D eigenvalue weighted by atomic mass is 9.86. The number of benzene rings is 2. The molecule has 13 heteroatoms. The number of hydrogen-bond donors (Lipinski definition) is 4. The van der Waals surface area contributed by atoms with Gasteiger partial charge in [-0.1, -0.05) is 136 Å². The van der Waals surface area contributed by atoms with Crippen LogP contribution in [0.2, 0.25) is 0 Å². The molecule has 1 saturated carbocycles. The summed E-state index contributed by atoms with van der Waals surface area (Å²) in [6.45, 7) is 1.85. The van der Waals surface area contributed by atoms with Crippen LogP contribution in [0.1, 0.15) is 133 Å². The van der Waals surface area contributed by atoms with Crippen molar-refractivity contribution in [1.82, 2.24) is 21.3 Å². The lowest BCUT2D eigenvalue weighted by Crippen LogP contribution is -2.55. The third-order valence-electron chi connectivity index (χ3n) is 10.4. The molecule has 4 amide bonds. The molecule has 0 unspecified atom stereocenters. The average molecular weight is 790 g/mol. The number of rotatable bonds is 30. The summed E-state index contributed by atoms with van der Waals surface area (Å²) in [4.78, 5) is 55.5. The summed E-state index contributed by atoms with van der Waals surface area (Å²) in [7, 11) is 0. The number of nitrogens with one attached hydrogen (secondary N) is 4. The fraction of sp³-hybridized carbons (Fsp3) is 0.636. The van der Waals surface area contributed by atoms with E-state index < -0.39 is 24.1 Å². The molecule has 0 radical (unpaired) electrons. The first-order valence-electron chi connectivity index (χ1n) is 21.4. The van der Waals surface area contributed by atoms with Crippen LogP contribution >= 0.6 is 0 Å². The number of ether oxygens (including phenoxy) is 2. The van der Waals surface area contributed by atoms with Crippen LogP contribution in [0.15, 0.2) is 65.8 Å². The Hall–Kier alpha value is -4.61. The smallest absolute Gasteiger partial charge is 0.407 e. The molecule has 1 aliphatic carbocycles. The molecule has 0 bridgehead atoms. The van der Waals surface area contributed by atoms with E-state index in [-0.39, 0.29) is 31.6 Å². The van der Waals surface area contributed by atoms with Crippen LogP contribution in [-0.4, -0.2) is 62.1 Å². The molecular formula is C44H67N7O6. The van der Waals surface area contributed by atoms with Crippen molar-refractivity contribution in [2.24, 2.45) is 11.0 Å². The van der Waals surface area contributed by atoms with Crippen LogP contribution < -0.4 is 21.3 Å². The molecule has 314 valence electrons. The second kappa shape index (κ2) is 30.5. The Labute approximate surface area is 339 Å². The molecule has 0 aromatic heterocycles. The SMILES string of the molecule is [N-]=[N+]=NCCCCCCCCCCC(=O)N[C@@H](COCc1ccccc1)C(=O)N[C@@H](CCCCNC(=O)OCc1ccccc1)C(=O)NCCCC1CCCCC1. The third-order valence-corrected chi connectivity index (χ3v) is 10.4. The maximum absolute atomic E-state index is 13.8. The Balaban J connectivity index is 1.51. The Morgan fingerprint density at radius 1 is 0.684 bits per heavy atom. The monoisotopic (exact) mass is 790 g/mol. The molecule has 2 aromatic carbocycles. The van der Waals surface area contributed by atoms with E-state index in [1.807, 2.05) is 60.7 Å². The Bertz CT molecular complexity index is 1450. The van der Waals surface area contributed by atoms with Crippen molar-refractivity contribution >= 4 is 23.8 Å². The van der Waals surface area contributed by atoms with Gasteiger partial charge in [0.2, 0.25) is 17.7 Å². The van der Waals surface area contributed by atoms with Gasteiger partial charge in [-0.15, -0.1) is 0 Å². The molecule has 1 fully saturated rings. The number of unbranched alkanes of at least 4 members (excludes halogenated alkanes) is 8. The Morgan fingerprint density at radius 3 is 2.00 bits per heavy atom. The molecule has 3 rings (SSSR count). The van der Waals surface area contributed by atoms with E-state index in [2.05, 4.69) is 31.3 Å². The van der Waals surface area contributed by atoms with Gasteiger partial charge in [-0.3, -0.25) is 14.4 Å². The first kappa shape index (κ1) is 46.8. The molecule has 2 atom stereocenters. The van der Waals surface area contributed by atoms with Gasteiger partial charge in [-0.2, -0.15) is 0 Å². The molecule has 0 heterocycles. The first-order chi connectivity index (χ1) is 27.9. The van der Waals surface area contributed by atoms with Crippen LogP contribution in [0.25, 0.3) is 10.4 Å². The normalized spacial score (nSPS) is 13.8. The van der Waals surface area contributed by atoms with E-state index in [0.29, 0.717) is 57.7 Å². The van der Waals surface area contributed by atoms with Crippen LogP contribution in [0.5, 0.6) is 0 Å². The lowest BCUT2D eigenvalue weighted by molar-refractivity contribution is -0.133. The minimum Gasteiger partial charge on any atom is -0.445 e. The Kier molecular flexibility index (Phi) is 25.0. The highest BCUT2D eigenvalue weighted by atomic mass is 16.5. The van der Waals surface area contributed by atoms with E-state index in [0.717, 1.165) is 68.9 Å². The van der Waals surface area contributed by atoms with Crippen molar-refractivity contribution in [2.75, 3.05) is 26.2 Å². The van der Waals surface area contributed by atoms with E-state index >= 15 is 0 Å². The van der Waals surface area contributed by atoms with Crippen molar-refractivity contribution in [2.45, 2.75) is 147 Å². The quantitative estimate of drug-likeness (QED) is 0.0266. The molecule has 0 saturated heterocycles. The number of nitrogens with zero attached hydrogens (tertiary/aromatic N) is 3. The van der Waals surface area contributed by atoms with E-state index in [4.69, 9.17) is 15.0 Å². The maximum atomic E-state index is 13.8. The number of alkyl carbamates (subject to hydrolysis) is 1. The summed E-state index contributed by atoms with van der Waals surface area (Å²) in [6, 6.07) is 17.3. The highest BCUT2D eigenvalue weighted by Gasteiger charge is 2.27. The number of azide groups is 1. The number of carbonyl (C=O) groups excluding carboxylic acids is 4. The van der Waals surface area contributed by atoms with Crippen LogP contribution in [-0.2, 0) is 37.1 Å². The van der Waals surface area contributed by atoms with Gasteiger partial charge < -0.3 is 30.7 Å². The minimum absolute atomic E-state index is 0.0448. The van der Waals surface area contributed by atoms with Crippen LogP contribution in [0, 0.1) is 5.92 Å². The molecule has 1 aliphatic rings. The van der Waals surface area contributed by atoms with Crippen molar-refractivity contribution in [3.63, 3.8) is 0 Å². The first-order valence-corrected chi connectivity index (χ1v) is 21.4. The molecule has 13 nitrogen and oxygen atoms in total. The standard InChI is InChI=1S/C44H67N7O6/c45-51-48-32-18-6-4-2-1-3-5-16-29-41(52)49-40(35-56-33-37-23-12-8-13-24-37)43(54)50-39(42(53)46-31-20-27-36-21-10-7-11-22-36)28-17-19-30-47-44(55)57-34-38-25-14-9-15-26-38/h8-9,12-15,23-26,36,39-40H,1-7,10-11,16-22,27-35H2,(H,46,53)(H,47,55)(H,49,52)(H,50,54)/t39-,40-/m0/s1. The Morgan fingerprint density at radius 2 is 1.32 bits per heavy atom. The van der Waals surface area contributed by atoms with Gasteiger partial charge in [0.25, 0.3) is 0 Å². The van der Waals surface area contributed by atoms with Gasteiger partial charge in [0.1, 0.15) is 18.7 Å². The predicted molar refractivity (Wildman–Crippen MR) is 223 cm³/mol. The molecular weight excluding hydrogens is 723 g/mol. The van der Waals surface area contributed by atoms with E-state index in [9.17, 15) is 19.2 Å². The maximum Gasteiger partial charge on any atom is 0.407 e. The van der Waals surface area contributed by atoms with Gasteiger partial charge in [-0.05, 0) is 67.5 Å². The largest absolute Gasteiger partial charge is 0.445 e. The molecule has 2 aromatic rings. The highest BCUT2D eigenvalue weighted by Crippen LogP contribution is 2.27. The summed E-state index contributed by atoms with van der Waals surface area (Å²) in [5.41, 5.74) is 10.2. The van der Waals surface area contributed by atoms with Crippen molar-refractivity contribution in [3.05, 3.63) is 82.2 Å². The predicted octanol–water partition coefficient (Wildman–Crippen LogP) is 8.57. The minimum atomic E-state index is -0.978. The highest BCUT2D eigenvalue weighted by molar-refractivity contribution is 5.92. The fourth-order valence-corrected chi connectivity index (χ4v) is 7.07. The zero-order chi connectivity index (χ0) is 40.6. The molecule has 0 spiro atoms. The topological polar surface area (TPSA) is 184 Å². The zero-order valence-electron chi connectivity index (χ0n) is 34.0.